The molecule has 0 spiro atoms. The third-order valence-electron chi connectivity index (χ3n) is 3.05. The number of benzene rings is 1. The van der Waals surface area contributed by atoms with Crippen molar-refractivity contribution in [2.45, 2.75) is 27.2 Å². The largest absolute Gasteiger partial charge is 0.465 e. The summed E-state index contributed by atoms with van der Waals surface area (Å²) in [6.07, 6.45) is -1.07. The quantitative estimate of drug-likeness (QED) is 0.806. The predicted octanol–water partition coefficient (Wildman–Crippen LogP) is 3.34. The lowest BCUT2D eigenvalue weighted by Crippen LogP contribution is -2.16. The van der Waals surface area contributed by atoms with Crippen LogP contribution in [0.25, 0.3) is 0 Å². The van der Waals surface area contributed by atoms with Crippen molar-refractivity contribution < 1.29 is 14.7 Å². The van der Waals surface area contributed by atoms with Crippen molar-refractivity contribution >= 4 is 34.2 Å². The molecule has 1 aromatic heterocycles. The number of carbonyl (C=O) groups excluding carboxylic acids is 1. The van der Waals surface area contributed by atoms with Crippen molar-refractivity contribution in [3.63, 3.8) is 0 Å². The van der Waals surface area contributed by atoms with Crippen LogP contribution in [-0.2, 0) is 11.2 Å². The van der Waals surface area contributed by atoms with E-state index in [9.17, 15) is 9.59 Å². The molecule has 0 saturated heterocycles. The maximum absolute atomic E-state index is 12.1. The second kappa shape index (κ2) is 6.57. The zero-order valence-electron chi connectivity index (χ0n) is 12.6. The van der Waals surface area contributed by atoms with Crippen LogP contribution in [-0.4, -0.2) is 22.1 Å². The summed E-state index contributed by atoms with van der Waals surface area (Å²) < 4.78 is 0. The van der Waals surface area contributed by atoms with Gasteiger partial charge in [0, 0.05) is 11.1 Å². The van der Waals surface area contributed by atoms with Crippen molar-refractivity contribution in [3.05, 3.63) is 39.9 Å². The highest BCUT2D eigenvalue weighted by Gasteiger charge is 2.12. The van der Waals surface area contributed by atoms with Gasteiger partial charge < -0.3 is 10.4 Å². The van der Waals surface area contributed by atoms with Crippen LogP contribution in [0, 0.1) is 20.8 Å². The Labute approximate surface area is 132 Å². The van der Waals surface area contributed by atoms with Crippen LogP contribution in [0.5, 0.6) is 0 Å². The molecule has 2 aromatic rings. The second-order valence-electron chi connectivity index (χ2n) is 5.07. The number of carboxylic acid groups (broad SMARTS) is 1. The van der Waals surface area contributed by atoms with E-state index in [-0.39, 0.29) is 17.5 Å². The van der Waals surface area contributed by atoms with Gasteiger partial charge in [-0.1, -0.05) is 17.7 Å². The van der Waals surface area contributed by atoms with Gasteiger partial charge in [0.2, 0.25) is 5.91 Å². The summed E-state index contributed by atoms with van der Waals surface area (Å²) in [5, 5.41) is 15.6. The Morgan fingerprint density at radius 1 is 1.18 bits per heavy atom. The molecule has 1 heterocycles. The highest BCUT2D eigenvalue weighted by molar-refractivity contribution is 7.13. The summed E-state index contributed by atoms with van der Waals surface area (Å²) in [5.41, 5.74) is 4.52. The van der Waals surface area contributed by atoms with Crippen molar-refractivity contribution in [2.24, 2.45) is 0 Å². The lowest BCUT2D eigenvalue weighted by atomic mass is 10.0. The summed E-state index contributed by atoms with van der Waals surface area (Å²) >= 11 is 1.15. The van der Waals surface area contributed by atoms with Gasteiger partial charge in [0.15, 0.2) is 5.13 Å². The molecule has 0 saturated carbocycles. The lowest BCUT2D eigenvalue weighted by molar-refractivity contribution is -0.115. The number of anilines is 2. The molecule has 1 aromatic carbocycles. The van der Waals surface area contributed by atoms with Gasteiger partial charge in [-0.25, -0.2) is 9.78 Å². The van der Waals surface area contributed by atoms with E-state index in [0.29, 0.717) is 5.69 Å². The number of thiazole rings is 1. The fourth-order valence-electron chi connectivity index (χ4n) is 2.26. The average Bonchev–Trinajstić information content (AvgIpc) is 2.80. The summed E-state index contributed by atoms with van der Waals surface area (Å²) in [5.74, 6) is -0.178. The van der Waals surface area contributed by atoms with E-state index in [4.69, 9.17) is 5.11 Å². The molecule has 0 aliphatic rings. The Morgan fingerprint density at radius 2 is 1.82 bits per heavy atom. The number of nitrogens with one attached hydrogen (secondary N) is 2. The van der Waals surface area contributed by atoms with Crippen LogP contribution in [0.1, 0.15) is 22.4 Å². The molecule has 0 aliphatic carbocycles. The molecule has 0 unspecified atom stereocenters. The van der Waals surface area contributed by atoms with Gasteiger partial charge in [-0.2, -0.15) is 0 Å². The van der Waals surface area contributed by atoms with Gasteiger partial charge in [-0.15, -0.1) is 11.3 Å². The number of nitrogens with zero attached hydrogens (tertiary/aromatic N) is 1. The number of aromatic nitrogens is 1. The maximum atomic E-state index is 12.1. The fraction of sp³-hybridized carbons (Fsp3) is 0.267. The maximum Gasteiger partial charge on any atom is 0.410 e. The van der Waals surface area contributed by atoms with E-state index >= 15 is 0 Å². The molecule has 0 radical (unpaired) electrons. The van der Waals surface area contributed by atoms with Crippen LogP contribution in [0.15, 0.2) is 17.5 Å². The minimum Gasteiger partial charge on any atom is -0.465 e. The molecule has 7 heteroatoms. The van der Waals surface area contributed by atoms with Crippen molar-refractivity contribution in [3.8, 4) is 0 Å². The molecule has 2 amide bonds. The van der Waals surface area contributed by atoms with Gasteiger partial charge in [-0.05, 0) is 31.9 Å². The molecule has 116 valence electrons. The minimum absolute atomic E-state index is 0.102. The third-order valence-corrected chi connectivity index (χ3v) is 3.86. The first kappa shape index (κ1) is 16.0. The van der Waals surface area contributed by atoms with Gasteiger partial charge in [0.1, 0.15) is 0 Å². The SMILES string of the molecule is Cc1cc(C)c(NC(=O)Cc2csc(NC(=O)O)n2)c(C)c1. The standard InChI is InChI=1S/C15H17N3O3S/c1-8-4-9(2)13(10(3)5-8)17-12(19)6-11-7-22-14(16-11)18-15(20)21/h4-5,7H,6H2,1-3H3,(H,16,18)(H,17,19)(H,20,21). The molecular weight excluding hydrogens is 302 g/mol. The Morgan fingerprint density at radius 3 is 2.41 bits per heavy atom. The highest BCUT2D eigenvalue weighted by Crippen LogP contribution is 2.22. The molecule has 0 atom stereocenters. The minimum atomic E-state index is -1.17. The Balaban J connectivity index is 2.04. The van der Waals surface area contributed by atoms with E-state index in [1.165, 1.54) is 0 Å². The van der Waals surface area contributed by atoms with Crippen LogP contribution in [0.3, 0.4) is 0 Å². The van der Waals surface area contributed by atoms with E-state index in [1.54, 1.807) is 5.38 Å². The number of hydrogen-bond acceptors (Lipinski definition) is 4. The van der Waals surface area contributed by atoms with E-state index < -0.39 is 6.09 Å². The first-order chi connectivity index (χ1) is 10.3. The Hall–Kier alpha value is -2.41. The lowest BCUT2D eigenvalue weighted by Gasteiger charge is -2.12. The highest BCUT2D eigenvalue weighted by atomic mass is 32.1. The monoisotopic (exact) mass is 319 g/mol. The van der Waals surface area contributed by atoms with Gasteiger partial charge >= 0.3 is 6.09 Å². The third kappa shape index (κ3) is 4.05. The van der Waals surface area contributed by atoms with Crippen molar-refractivity contribution in [2.75, 3.05) is 10.6 Å². The average molecular weight is 319 g/mol. The molecular formula is C15H17N3O3S. The summed E-state index contributed by atoms with van der Waals surface area (Å²) in [7, 11) is 0. The topological polar surface area (TPSA) is 91.3 Å². The summed E-state index contributed by atoms with van der Waals surface area (Å²) in [6, 6.07) is 4.03. The van der Waals surface area contributed by atoms with Crippen molar-refractivity contribution in [1.82, 2.24) is 4.98 Å². The normalized spacial score (nSPS) is 10.3. The zero-order valence-corrected chi connectivity index (χ0v) is 13.4. The second-order valence-corrected chi connectivity index (χ2v) is 5.93. The van der Waals surface area contributed by atoms with Crippen LogP contribution in [0.2, 0.25) is 0 Å². The van der Waals surface area contributed by atoms with Crippen LogP contribution >= 0.6 is 11.3 Å². The fourth-order valence-corrected chi connectivity index (χ4v) is 2.96. The molecule has 0 bridgehead atoms. The summed E-state index contributed by atoms with van der Waals surface area (Å²) in [6.45, 7) is 5.92. The zero-order chi connectivity index (χ0) is 16.3. The number of rotatable bonds is 4. The number of hydrogen-bond donors (Lipinski definition) is 3. The van der Waals surface area contributed by atoms with Gasteiger partial charge in [0.25, 0.3) is 0 Å². The van der Waals surface area contributed by atoms with Crippen LogP contribution < -0.4 is 10.6 Å². The first-order valence-electron chi connectivity index (χ1n) is 6.67. The summed E-state index contributed by atoms with van der Waals surface area (Å²) in [4.78, 5) is 26.7. The Bertz CT molecular complexity index is 702. The van der Waals surface area contributed by atoms with E-state index in [2.05, 4.69) is 15.6 Å². The smallest absolute Gasteiger partial charge is 0.410 e. The predicted molar refractivity (Wildman–Crippen MR) is 86.7 cm³/mol. The number of amides is 2. The molecule has 3 N–H and O–H groups in total. The molecule has 0 fully saturated rings. The molecule has 2 rings (SSSR count). The molecule has 0 aliphatic heterocycles. The number of carbonyl (C=O) groups is 2. The first-order valence-corrected chi connectivity index (χ1v) is 7.55. The van der Waals surface area contributed by atoms with E-state index in [1.807, 2.05) is 32.9 Å². The molecule has 6 nitrogen and oxygen atoms in total. The van der Waals surface area contributed by atoms with E-state index in [0.717, 1.165) is 33.7 Å². The van der Waals surface area contributed by atoms with Crippen molar-refractivity contribution in [1.29, 1.82) is 0 Å². The molecule has 22 heavy (non-hydrogen) atoms. The van der Waals surface area contributed by atoms with Crippen LogP contribution in [0.4, 0.5) is 15.6 Å². The Kier molecular flexibility index (Phi) is 4.77. The number of aryl methyl sites for hydroxylation is 3. The van der Waals surface area contributed by atoms with Gasteiger partial charge in [0.05, 0.1) is 12.1 Å². The van der Waals surface area contributed by atoms with Gasteiger partial charge in [-0.3, -0.25) is 10.1 Å².